The number of halogens is 3. The van der Waals surface area contributed by atoms with Crippen LogP contribution in [0.15, 0.2) is 29.6 Å². The van der Waals surface area contributed by atoms with E-state index in [1.165, 1.54) is 16.7 Å². The van der Waals surface area contributed by atoms with Crippen LogP contribution < -0.4 is 5.56 Å². The lowest BCUT2D eigenvalue weighted by molar-refractivity contribution is -0.0674. The molecule has 46 heavy (non-hydrogen) atoms. The van der Waals surface area contributed by atoms with Gasteiger partial charge in [-0.25, -0.2) is 24.1 Å². The molecule has 5 N–H and O–H groups in total. The molecular formula is C22H21Cl3N6O13P2. The first kappa shape index (κ1) is 32.5. The lowest BCUT2D eigenvalue weighted by Gasteiger charge is -2.26. The molecule has 7 rings (SSSR count). The number of aliphatic hydroxyl groups excluding tert-OH is 2. The summed E-state index contributed by atoms with van der Waals surface area (Å²) < 4.78 is 61.5. The van der Waals surface area contributed by atoms with Crippen molar-refractivity contribution in [2.24, 2.45) is 0 Å². The zero-order valence-electron chi connectivity index (χ0n) is 22.6. The summed E-state index contributed by atoms with van der Waals surface area (Å²) in [6.45, 7) is -1.66. The van der Waals surface area contributed by atoms with Crippen LogP contribution >= 0.6 is 50.4 Å². The van der Waals surface area contributed by atoms with Crippen LogP contribution in [0, 0.1) is 0 Å². The summed E-state index contributed by atoms with van der Waals surface area (Å²) in [6.07, 6.45) is -10.7. The van der Waals surface area contributed by atoms with E-state index in [-0.39, 0.29) is 37.5 Å². The van der Waals surface area contributed by atoms with Gasteiger partial charge < -0.3 is 34.5 Å². The number of nitrogens with zero attached hydrogens (tertiary/aromatic N) is 5. The lowest BCUT2D eigenvalue weighted by Crippen LogP contribution is -2.38. The molecule has 19 nitrogen and oxygen atoms in total. The van der Waals surface area contributed by atoms with Crippen LogP contribution in [0.1, 0.15) is 12.5 Å². The lowest BCUT2D eigenvalue weighted by atomic mass is 10.1. The molecule has 4 aromatic rings. The van der Waals surface area contributed by atoms with E-state index >= 15 is 0 Å². The minimum Gasteiger partial charge on any atom is -0.387 e. The van der Waals surface area contributed by atoms with Crippen molar-refractivity contribution < 1.29 is 56.7 Å². The van der Waals surface area contributed by atoms with Gasteiger partial charge in [0.05, 0.1) is 46.9 Å². The number of phosphoric ester groups is 2. The number of imidazole rings is 2. The van der Waals surface area contributed by atoms with Crippen molar-refractivity contribution in [3.05, 3.63) is 50.5 Å². The number of ether oxygens (including phenoxy) is 2. The molecule has 0 saturated carbocycles. The Balaban J connectivity index is 1.23. The molecule has 0 aliphatic carbocycles. The van der Waals surface area contributed by atoms with Crippen molar-refractivity contribution in [1.29, 1.82) is 0 Å². The summed E-state index contributed by atoms with van der Waals surface area (Å²) in [7, 11) is -10.2. The van der Waals surface area contributed by atoms with E-state index in [0.29, 0.717) is 0 Å². The van der Waals surface area contributed by atoms with Crippen LogP contribution in [-0.4, -0.2) is 98.9 Å². The fourth-order valence-electron chi connectivity index (χ4n) is 5.43. The minimum atomic E-state index is -5.11. The highest BCUT2D eigenvalue weighted by Gasteiger charge is 2.54. The van der Waals surface area contributed by atoms with Gasteiger partial charge in [0.15, 0.2) is 23.6 Å². The van der Waals surface area contributed by atoms with Gasteiger partial charge in [0.1, 0.15) is 36.6 Å². The van der Waals surface area contributed by atoms with Crippen LogP contribution in [0.2, 0.25) is 15.3 Å². The predicted octanol–water partition coefficient (Wildman–Crippen LogP) is 1.66. The molecule has 3 fully saturated rings. The third-order valence-electron chi connectivity index (χ3n) is 7.52. The van der Waals surface area contributed by atoms with Crippen molar-refractivity contribution in [2.75, 3.05) is 13.2 Å². The second-order valence-corrected chi connectivity index (χ2v) is 14.3. The second kappa shape index (κ2) is 11.8. The van der Waals surface area contributed by atoms with E-state index in [9.17, 15) is 33.9 Å². The molecule has 24 heteroatoms. The van der Waals surface area contributed by atoms with Gasteiger partial charge in [-0.2, -0.15) is 0 Å². The molecule has 3 saturated heterocycles. The van der Waals surface area contributed by atoms with E-state index in [1.807, 2.05) is 0 Å². The van der Waals surface area contributed by atoms with Gasteiger partial charge in [-0.05, 0) is 23.7 Å². The Morgan fingerprint density at radius 3 is 2.13 bits per heavy atom. The van der Waals surface area contributed by atoms with Gasteiger partial charge in [-0.1, -0.05) is 23.2 Å². The van der Waals surface area contributed by atoms with Crippen LogP contribution in [0.25, 0.3) is 22.2 Å². The van der Waals surface area contributed by atoms with Crippen molar-refractivity contribution >= 4 is 72.6 Å². The van der Waals surface area contributed by atoms with Crippen molar-refractivity contribution in [1.82, 2.24) is 29.1 Å². The van der Waals surface area contributed by atoms with Gasteiger partial charge in [0, 0.05) is 0 Å². The summed E-state index contributed by atoms with van der Waals surface area (Å²) >= 11 is 18.7. The normalized spacial score (nSPS) is 37.2. The molecular weight excluding hydrogens is 725 g/mol. The fraction of sp³-hybridized carbons (Fsp3) is 0.455. The van der Waals surface area contributed by atoms with Crippen LogP contribution in [0.3, 0.4) is 0 Å². The van der Waals surface area contributed by atoms with E-state index in [4.69, 9.17) is 62.4 Å². The monoisotopic (exact) mass is 744 g/mol. The molecule has 3 aromatic heterocycles. The van der Waals surface area contributed by atoms with Gasteiger partial charge in [0.2, 0.25) is 5.28 Å². The number of aromatic nitrogens is 6. The van der Waals surface area contributed by atoms with Gasteiger partial charge in [-0.3, -0.25) is 32.0 Å². The summed E-state index contributed by atoms with van der Waals surface area (Å²) in [5.41, 5.74) is -0.266. The van der Waals surface area contributed by atoms with Crippen molar-refractivity contribution in [3.63, 3.8) is 0 Å². The number of aliphatic hydroxyl groups is 2. The number of H-pyrrole nitrogens is 1. The average Bonchev–Trinajstić information content (AvgIpc) is 3.71. The largest absolute Gasteiger partial charge is 0.472 e. The predicted molar refractivity (Wildman–Crippen MR) is 154 cm³/mol. The SMILES string of the molecule is O=c1[nH]cnc2c1ncn2[C@@H]1O[C@@H]2COP(=O)(O)OC3[C@@H](O)[C@@H](COP(=O)(O)O[C@H]1C2O)O[C@H]3n1c(Cl)nc2cc(Cl)c(Cl)cc21. The molecule has 3 aliphatic rings. The Labute approximate surface area is 270 Å². The molecule has 3 aliphatic heterocycles. The van der Waals surface area contributed by atoms with Crippen molar-refractivity contribution in [2.45, 2.75) is 49.1 Å². The zero-order valence-corrected chi connectivity index (χ0v) is 26.6. The Morgan fingerprint density at radius 1 is 0.891 bits per heavy atom. The maximum Gasteiger partial charge on any atom is 0.472 e. The van der Waals surface area contributed by atoms with Crippen LogP contribution in [-0.2, 0) is 36.7 Å². The number of fused-ring (bicyclic) bond motifs is 6. The third kappa shape index (κ3) is 5.72. The number of hydrogen-bond donors (Lipinski definition) is 5. The second-order valence-electron chi connectivity index (χ2n) is 10.3. The maximum atomic E-state index is 13.2. The molecule has 10 atom stereocenters. The first-order chi connectivity index (χ1) is 21.7. The molecule has 6 heterocycles. The topological polar surface area (TPSA) is 252 Å². The number of aromatic amines is 1. The Kier molecular flexibility index (Phi) is 8.37. The molecule has 248 valence electrons. The first-order valence-electron chi connectivity index (χ1n) is 13.1. The number of rotatable bonds is 2. The maximum absolute atomic E-state index is 13.2. The Morgan fingerprint density at radius 2 is 1.48 bits per heavy atom. The van der Waals surface area contributed by atoms with E-state index in [1.54, 1.807) is 0 Å². The van der Waals surface area contributed by atoms with Gasteiger partial charge >= 0.3 is 15.6 Å². The number of nitrogens with one attached hydrogen (secondary N) is 1. The van der Waals surface area contributed by atoms with Crippen LogP contribution in [0.5, 0.6) is 0 Å². The zero-order chi connectivity index (χ0) is 32.7. The highest BCUT2D eigenvalue weighted by molar-refractivity contribution is 7.47. The summed E-state index contributed by atoms with van der Waals surface area (Å²) in [4.78, 5) is 48.1. The van der Waals surface area contributed by atoms with Crippen LogP contribution in [0.4, 0.5) is 0 Å². The average molecular weight is 746 g/mol. The molecule has 1 aromatic carbocycles. The standard InChI is InChI=1S/C22H21Cl3N6O13P2/c23-7-1-9-10(2-8(7)24)31(22(25)29-9)21-17-15(33)12(42-21)4-40-45(35,36)43-16-14(32)11(3-39-46(37,38)44-17)41-20(16)30-6-28-13-18(30)26-5-27-19(13)34/h1-2,5-6,11-12,14-17,20-21,32-33H,3-4H2,(H,35,36)(H,37,38)(H,26,27,34)/t11-,12-,14?,15+,16+,17?,20-,21-/m1/s1. The smallest absolute Gasteiger partial charge is 0.387 e. The third-order valence-corrected chi connectivity index (χ3v) is 10.5. The van der Waals surface area contributed by atoms with E-state index < -0.39 is 83.5 Å². The minimum absolute atomic E-state index is 0.0343. The molecule has 0 spiro atoms. The summed E-state index contributed by atoms with van der Waals surface area (Å²) in [5, 5.41) is 22.2. The van der Waals surface area contributed by atoms with E-state index in [2.05, 4.69) is 19.9 Å². The highest BCUT2D eigenvalue weighted by atomic mass is 35.5. The number of benzene rings is 1. The molecule has 4 bridgehead atoms. The fourth-order valence-corrected chi connectivity index (χ4v) is 7.89. The van der Waals surface area contributed by atoms with Gasteiger partial charge in [0.25, 0.3) is 5.56 Å². The van der Waals surface area contributed by atoms with Crippen molar-refractivity contribution in [3.8, 4) is 0 Å². The number of hydrogen-bond acceptors (Lipinski definition) is 14. The van der Waals surface area contributed by atoms with Gasteiger partial charge in [-0.15, -0.1) is 0 Å². The Bertz CT molecular complexity index is 1990. The molecule has 4 unspecified atom stereocenters. The summed E-state index contributed by atoms with van der Waals surface area (Å²) in [6, 6.07) is 2.80. The first-order valence-corrected chi connectivity index (χ1v) is 17.3. The highest BCUT2D eigenvalue weighted by Crippen LogP contribution is 2.54. The quantitative estimate of drug-likeness (QED) is 0.183. The number of phosphoric acid groups is 2. The van der Waals surface area contributed by atoms with E-state index in [0.717, 1.165) is 17.2 Å². The Hall–Kier alpha value is -2.03. The molecule has 0 radical (unpaired) electrons. The molecule has 0 amide bonds. The summed E-state index contributed by atoms with van der Waals surface area (Å²) in [5.74, 6) is 0.